The quantitative estimate of drug-likeness (QED) is 0.864. The van der Waals surface area contributed by atoms with Crippen molar-refractivity contribution in [3.05, 3.63) is 24.3 Å². The maximum absolute atomic E-state index is 10.9. The minimum absolute atomic E-state index is 0.0663. The number of hydrogen-bond donors (Lipinski definition) is 1. The first-order chi connectivity index (χ1) is 8.70. The van der Waals surface area contributed by atoms with Crippen molar-refractivity contribution >= 4 is 32.7 Å². The van der Waals surface area contributed by atoms with E-state index in [0.717, 1.165) is 15.3 Å². The van der Waals surface area contributed by atoms with E-state index in [1.54, 1.807) is 12.0 Å². The van der Waals surface area contributed by atoms with Crippen LogP contribution in [0.5, 0.6) is 0 Å². The Morgan fingerprint density at radius 2 is 2.28 bits per heavy atom. The lowest BCUT2D eigenvalue weighted by atomic mass is 10.3. The number of nitrogens with zero attached hydrogens (tertiary/aromatic N) is 2. The van der Waals surface area contributed by atoms with Crippen LogP contribution in [0.2, 0.25) is 0 Å². The Bertz CT molecular complexity index is 508. The molecule has 5 nitrogen and oxygen atoms in total. The Morgan fingerprint density at radius 1 is 1.50 bits per heavy atom. The number of anilines is 1. The number of benzene rings is 1. The highest BCUT2D eigenvalue weighted by Crippen LogP contribution is 2.28. The van der Waals surface area contributed by atoms with Gasteiger partial charge in [-0.2, -0.15) is 0 Å². The topological polar surface area (TPSA) is 62.7 Å². The molecule has 96 valence electrons. The fourth-order valence-electron chi connectivity index (χ4n) is 1.60. The van der Waals surface area contributed by atoms with Crippen molar-refractivity contribution in [3.8, 4) is 0 Å². The molecular weight excluding hydrogens is 252 g/mol. The fourth-order valence-corrected chi connectivity index (χ4v) is 2.59. The molecule has 1 aromatic heterocycles. The zero-order chi connectivity index (χ0) is 13.0. The Balaban J connectivity index is 2.25. The van der Waals surface area contributed by atoms with E-state index in [-0.39, 0.29) is 6.54 Å². The molecule has 0 fully saturated rings. The van der Waals surface area contributed by atoms with Gasteiger partial charge in [-0.25, -0.2) is 4.98 Å². The number of aromatic nitrogens is 1. The zero-order valence-electron chi connectivity index (χ0n) is 10.00. The number of para-hydroxylation sites is 1. The molecule has 0 aliphatic rings. The predicted molar refractivity (Wildman–Crippen MR) is 71.3 cm³/mol. The van der Waals surface area contributed by atoms with Gasteiger partial charge in [-0.15, -0.1) is 0 Å². The molecular formula is C12H14N2O3S. The van der Waals surface area contributed by atoms with Gasteiger partial charge in [0.1, 0.15) is 6.54 Å². The van der Waals surface area contributed by atoms with Gasteiger partial charge in [0.25, 0.3) is 0 Å². The van der Waals surface area contributed by atoms with Crippen LogP contribution in [-0.2, 0) is 9.53 Å². The monoisotopic (exact) mass is 266 g/mol. The van der Waals surface area contributed by atoms with Gasteiger partial charge in [0.15, 0.2) is 5.13 Å². The first-order valence-corrected chi connectivity index (χ1v) is 6.33. The molecule has 0 spiro atoms. The molecule has 0 saturated carbocycles. The lowest BCUT2D eigenvalue weighted by Crippen LogP contribution is -2.32. The zero-order valence-corrected chi connectivity index (χ0v) is 10.8. The van der Waals surface area contributed by atoms with Gasteiger partial charge in [-0.1, -0.05) is 23.5 Å². The number of ether oxygens (including phenoxy) is 1. The van der Waals surface area contributed by atoms with Crippen molar-refractivity contribution in [1.29, 1.82) is 0 Å². The van der Waals surface area contributed by atoms with E-state index >= 15 is 0 Å². The number of carboxylic acids is 1. The molecule has 2 rings (SSSR count). The second-order valence-corrected chi connectivity index (χ2v) is 4.78. The SMILES string of the molecule is COCCN(CC(=O)O)c1nc2ccccc2s1. The van der Waals surface area contributed by atoms with Crippen LogP contribution in [0.1, 0.15) is 0 Å². The van der Waals surface area contributed by atoms with Crippen molar-refractivity contribution in [2.24, 2.45) is 0 Å². The van der Waals surface area contributed by atoms with Gasteiger partial charge >= 0.3 is 5.97 Å². The number of carbonyl (C=O) groups is 1. The lowest BCUT2D eigenvalue weighted by Gasteiger charge is -2.18. The molecule has 1 N–H and O–H groups in total. The van der Waals surface area contributed by atoms with Crippen LogP contribution in [0.4, 0.5) is 5.13 Å². The average Bonchev–Trinajstić information content (AvgIpc) is 2.77. The highest BCUT2D eigenvalue weighted by Gasteiger charge is 2.14. The number of thiazole rings is 1. The number of aliphatic carboxylic acids is 1. The molecule has 1 heterocycles. The summed E-state index contributed by atoms with van der Waals surface area (Å²) in [7, 11) is 1.59. The third kappa shape index (κ3) is 2.96. The van der Waals surface area contributed by atoms with Gasteiger partial charge in [-0.05, 0) is 12.1 Å². The van der Waals surface area contributed by atoms with Gasteiger partial charge in [0.05, 0.1) is 16.8 Å². The highest BCUT2D eigenvalue weighted by molar-refractivity contribution is 7.22. The number of rotatable bonds is 6. The normalized spacial score (nSPS) is 10.7. The number of hydrogen-bond acceptors (Lipinski definition) is 5. The molecule has 0 atom stereocenters. The third-order valence-corrected chi connectivity index (χ3v) is 3.54. The summed E-state index contributed by atoms with van der Waals surface area (Å²) < 4.78 is 6.05. The average molecular weight is 266 g/mol. The minimum atomic E-state index is -0.870. The second kappa shape index (κ2) is 5.79. The molecule has 0 aliphatic carbocycles. The highest BCUT2D eigenvalue weighted by atomic mass is 32.1. The van der Waals surface area contributed by atoms with E-state index in [2.05, 4.69) is 4.98 Å². The molecule has 18 heavy (non-hydrogen) atoms. The molecule has 6 heteroatoms. The van der Waals surface area contributed by atoms with Crippen molar-refractivity contribution < 1.29 is 14.6 Å². The van der Waals surface area contributed by atoms with Gasteiger partial charge in [0.2, 0.25) is 0 Å². The Morgan fingerprint density at radius 3 is 2.94 bits per heavy atom. The van der Waals surface area contributed by atoms with Crippen LogP contribution in [0.3, 0.4) is 0 Å². The Labute approximate surface area is 109 Å². The van der Waals surface area contributed by atoms with Gasteiger partial charge in [0, 0.05) is 13.7 Å². The Kier molecular flexibility index (Phi) is 4.11. The van der Waals surface area contributed by atoms with Gasteiger partial charge in [-0.3, -0.25) is 4.79 Å². The van der Waals surface area contributed by atoms with Crippen LogP contribution in [0.25, 0.3) is 10.2 Å². The summed E-state index contributed by atoms with van der Waals surface area (Å²) in [5, 5.41) is 9.63. The first kappa shape index (κ1) is 12.8. The molecule has 0 saturated heterocycles. The van der Waals surface area contributed by atoms with Crippen LogP contribution in [-0.4, -0.2) is 42.9 Å². The second-order valence-electron chi connectivity index (χ2n) is 3.77. The van der Waals surface area contributed by atoms with E-state index in [4.69, 9.17) is 9.84 Å². The maximum atomic E-state index is 10.9. The summed E-state index contributed by atoms with van der Waals surface area (Å²) in [6, 6.07) is 7.76. The van der Waals surface area contributed by atoms with E-state index in [1.807, 2.05) is 24.3 Å². The first-order valence-electron chi connectivity index (χ1n) is 5.52. The van der Waals surface area contributed by atoms with E-state index in [9.17, 15) is 4.79 Å². The molecule has 0 aliphatic heterocycles. The van der Waals surface area contributed by atoms with Gasteiger partial charge < -0.3 is 14.7 Å². The van der Waals surface area contributed by atoms with Crippen LogP contribution >= 0.6 is 11.3 Å². The molecule has 0 radical (unpaired) electrons. The van der Waals surface area contributed by atoms with Crippen molar-refractivity contribution in [3.63, 3.8) is 0 Å². The van der Waals surface area contributed by atoms with E-state index < -0.39 is 5.97 Å². The smallest absolute Gasteiger partial charge is 0.323 e. The van der Waals surface area contributed by atoms with E-state index in [0.29, 0.717) is 13.2 Å². The van der Waals surface area contributed by atoms with Crippen molar-refractivity contribution in [2.75, 3.05) is 31.7 Å². The summed E-state index contributed by atoms with van der Waals surface area (Å²) in [5.41, 5.74) is 0.894. The number of fused-ring (bicyclic) bond motifs is 1. The fraction of sp³-hybridized carbons (Fsp3) is 0.333. The third-order valence-electron chi connectivity index (χ3n) is 2.44. The van der Waals surface area contributed by atoms with E-state index in [1.165, 1.54) is 11.3 Å². The molecule has 0 unspecified atom stereocenters. The maximum Gasteiger partial charge on any atom is 0.323 e. The lowest BCUT2D eigenvalue weighted by molar-refractivity contribution is -0.135. The summed E-state index contributed by atoms with van der Waals surface area (Å²) in [4.78, 5) is 17.0. The number of carboxylic acid groups (broad SMARTS) is 1. The summed E-state index contributed by atoms with van der Waals surface area (Å²) in [6.07, 6.45) is 0. The van der Waals surface area contributed by atoms with Crippen molar-refractivity contribution in [1.82, 2.24) is 4.98 Å². The molecule has 0 bridgehead atoms. The molecule has 2 aromatic rings. The predicted octanol–water partition coefficient (Wildman–Crippen LogP) is 1.83. The standard InChI is InChI=1S/C12H14N2O3S/c1-17-7-6-14(8-11(15)16)12-13-9-4-2-3-5-10(9)18-12/h2-5H,6-8H2,1H3,(H,15,16). The summed E-state index contributed by atoms with van der Waals surface area (Å²) >= 11 is 1.49. The summed E-state index contributed by atoms with van der Waals surface area (Å²) in [5.74, 6) is -0.870. The van der Waals surface area contributed by atoms with Crippen LogP contribution in [0, 0.1) is 0 Å². The minimum Gasteiger partial charge on any atom is -0.480 e. The summed E-state index contributed by atoms with van der Waals surface area (Å²) in [6.45, 7) is 0.926. The molecule has 0 amide bonds. The van der Waals surface area contributed by atoms with Crippen molar-refractivity contribution in [2.45, 2.75) is 0 Å². The van der Waals surface area contributed by atoms with Crippen LogP contribution in [0.15, 0.2) is 24.3 Å². The Hall–Kier alpha value is -1.66. The molecule has 1 aromatic carbocycles. The van der Waals surface area contributed by atoms with Crippen LogP contribution < -0.4 is 4.90 Å². The largest absolute Gasteiger partial charge is 0.480 e. The number of methoxy groups -OCH3 is 1.